The normalized spacial score (nSPS) is 20.1. The maximum absolute atomic E-state index is 5.72. The topological polar surface area (TPSA) is 41.7 Å². The molecule has 4 heteroatoms. The van der Waals surface area contributed by atoms with E-state index in [1.54, 1.807) is 7.11 Å². The van der Waals surface area contributed by atoms with Crippen molar-refractivity contribution >= 4 is 0 Å². The standard InChI is InChI=1S/C16H27N3O/c1-16(2)12-19(8-7-18(16)3)11-13-5-6-14(10-17)15(9-13)20-4/h5-6,9H,7-8,10-12,17H2,1-4H3. The highest BCUT2D eigenvalue weighted by atomic mass is 16.5. The molecule has 1 aliphatic heterocycles. The van der Waals surface area contributed by atoms with Crippen LogP contribution in [0.3, 0.4) is 0 Å². The van der Waals surface area contributed by atoms with Gasteiger partial charge in [-0.2, -0.15) is 0 Å². The summed E-state index contributed by atoms with van der Waals surface area (Å²) >= 11 is 0. The Morgan fingerprint density at radius 1 is 1.30 bits per heavy atom. The van der Waals surface area contributed by atoms with Crippen molar-refractivity contribution in [2.75, 3.05) is 33.8 Å². The molecule has 1 aliphatic rings. The number of methoxy groups -OCH3 is 1. The van der Waals surface area contributed by atoms with E-state index in [0.29, 0.717) is 6.54 Å². The quantitative estimate of drug-likeness (QED) is 0.909. The molecule has 0 bridgehead atoms. The van der Waals surface area contributed by atoms with Gasteiger partial charge >= 0.3 is 0 Å². The SMILES string of the molecule is COc1cc(CN2CCN(C)C(C)(C)C2)ccc1CN. The summed E-state index contributed by atoms with van der Waals surface area (Å²) in [5, 5.41) is 0. The van der Waals surface area contributed by atoms with Crippen LogP contribution in [0.25, 0.3) is 0 Å². The maximum Gasteiger partial charge on any atom is 0.123 e. The summed E-state index contributed by atoms with van der Waals surface area (Å²) in [5.41, 5.74) is 8.31. The van der Waals surface area contributed by atoms with Crippen LogP contribution in [-0.2, 0) is 13.1 Å². The van der Waals surface area contributed by atoms with Crippen molar-refractivity contribution in [1.82, 2.24) is 9.80 Å². The summed E-state index contributed by atoms with van der Waals surface area (Å²) in [6.07, 6.45) is 0. The minimum absolute atomic E-state index is 0.236. The summed E-state index contributed by atoms with van der Waals surface area (Å²) in [4.78, 5) is 4.94. The second-order valence-corrected chi connectivity index (χ2v) is 6.29. The summed E-state index contributed by atoms with van der Waals surface area (Å²) in [6, 6.07) is 6.36. The van der Waals surface area contributed by atoms with Crippen LogP contribution in [0, 0.1) is 0 Å². The Morgan fingerprint density at radius 2 is 2.05 bits per heavy atom. The number of likely N-dealkylation sites (N-methyl/N-ethyl adjacent to an activating group) is 1. The number of benzene rings is 1. The van der Waals surface area contributed by atoms with Crippen LogP contribution in [0.15, 0.2) is 18.2 Å². The number of hydrogen-bond donors (Lipinski definition) is 1. The highest BCUT2D eigenvalue weighted by molar-refractivity contribution is 5.37. The molecule has 0 radical (unpaired) electrons. The molecule has 0 amide bonds. The molecule has 1 aromatic rings. The lowest BCUT2D eigenvalue weighted by atomic mass is 9.99. The third-order valence-corrected chi connectivity index (χ3v) is 4.37. The van der Waals surface area contributed by atoms with Crippen molar-refractivity contribution in [1.29, 1.82) is 0 Å². The summed E-state index contributed by atoms with van der Waals surface area (Å²) < 4.78 is 5.42. The number of rotatable bonds is 4. The van der Waals surface area contributed by atoms with Crippen LogP contribution in [0.4, 0.5) is 0 Å². The lowest BCUT2D eigenvalue weighted by molar-refractivity contribution is 0.0360. The minimum atomic E-state index is 0.236. The Bertz CT molecular complexity index is 459. The molecule has 1 saturated heterocycles. The van der Waals surface area contributed by atoms with E-state index in [1.165, 1.54) is 5.56 Å². The summed E-state index contributed by atoms with van der Waals surface area (Å²) in [6.45, 7) is 9.41. The van der Waals surface area contributed by atoms with Gasteiger partial charge in [0, 0.05) is 43.8 Å². The molecule has 1 fully saturated rings. The van der Waals surface area contributed by atoms with Gasteiger partial charge in [-0.3, -0.25) is 9.80 Å². The van der Waals surface area contributed by atoms with Crippen LogP contribution in [0.5, 0.6) is 5.75 Å². The number of nitrogens with two attached hydrogens (primary N) is 1. The zero-order valence-corrected chi connectivity index (χ0v) is 13.1. The lowest BCUT2D eigenvalue weighted by Gasteiger charge is -2.45. The molecule has 0 unspecified atom stereocenters. The first-order chi connectivity index (χ1) is 9.46. The number of hydrogen-bond acceptors (Lipinski definition) is 4. The molecule has 0 aliphatic carbocycles. The average molecular weight is 277 g/mol. The van der Waals surface area contributed by atoms with Crippen molar-refractivity contribution in [2.24, 2.45) is 5.73 Å². The van der Waals surface area contributed by atoms with Crippen LogP contribution < -0.4 is 10.5 Å². The van der Waals surface area contributed by atoms with Crippen molar-refractivity contribution in [3.05, 3.63) is 29.3 Å². The van der Waals surface area contributed by atoms with Gasteiger partial charge in [-0.1, -0.05) is 12.1 Å². The minimum Gasteiger partial charge on any atom is -0.496 e. The highest BCUT2D eigenvalue weighted by Gasteiger charge is 2.30. The summed E-state index contributed by atoms with van der Waals surface area (Å²) in [5.74, 6) is 0.901. The largest absolute Gasteiger partial charge is 0.496 e. The molecule has 2 rings (SSSR count). The van der Waals surface area contributed by atoms with E-state index >= 15 is 0 Å². The molecular formula is C16H27N3O. The van der Waals surface area contributed by atoms with Gasteiger partial charge in [-0.15, -0.1) is 0 Å². The fourth-order valence-corrected chi connectivity index (χ4v) is 2.79. The van der Waals surface area contributed by atoms with E-state index in [0.717, 1.165) is 37.5 Å². The third-order valence-electron chi connectivity index (χ3n) is 4.37. The van der Waals surface area contributed by atoms with E-state index in [2.05, 4.69) is 48.9 Å². The van der Waals surface area contributed by atoms with Gasteiger partial charge in [0.2, 0.25) is 0 Å². The number of piperazine rings is 1. The van der Waals surface area contributed by atoms with Crippen LogP contribution >= 0.6 is 0 Å². The Labute approximate surface area is 122 Å². The van der Waals surface area contributed by atoms with Gasteiger partial charge < -0.3 is 10.5 Å². The van der Waals surface area contributed by atoms with Gasteiger partial charge in [0.25, 0.3) is 0 Å². The van der Waals surface area contributed by atoms with E-state index in [9.17, 15) is 0 Å². The highest BCUT2D eigenvalue weighted by Crippen LogP contribution is 2.23. The second kappa shape index (κ2) is 6.12. The van der Waals surface area contributed by atoms with Crippen LogP contribution in [-0.4, -0.2) is 49.1 Å². The van der Waals surface area contributed by atoms with Crippen molar-refractivity contribution < 1.29 is 4.74 Å². The van der Waals surface area contributed by atoms with Gasteiger partial charge in [0.1, 0.15) is 5.75 Å². The van der Waals surface area contributed by atoms with E-state index < -0.39 is 0 Å². The Kier molecular flexibility index (Phi) is 4.68. The maximum atomic E-state index is 5.72. The predicted molar refractivity (Wildman–Crippen MR) is 82.9 cm³/mol. The van der Waals surface area contributed by atoms with E-state index in [1.807, 2.05) is 0 Å². The summed E-state index contributed by atoms with van der Waals surface area (Å²) in [7, 11) is 3.91. The fourth-order valence-electron chi connectivity index (χ4n) is 2.79. The molecule has 20 heavy (non-hydrogen) atoms. The molecule has 1 aromatic carbocycles. The second-order valence-electron chi connectivity index (χ2n) is 6.29. The van der Waals surface area contributed by atoms with Crippen LogP contribution in [0.1, 0.15) is 25.0 Å². The predicted octanol–water partition coefficient (Wildman–Crippen LogP) is 1.68. The molecule has 0 saturated carbocycles. The zero-order chi connectivity index (χ0) is 14.8. The Balaban J connectivity index is 2.07. The smallest absolute Gasteiger partial charge is 0.123 e. The molecule has 0 atom stereocenters. The Morgan fingerprint density at radius 3 is 2.65 bits per heavy atom. The first-order valence-electron chi connectivity index (χ1n) is 7.26. The molecule has 2 N–H and O–H groups in total. The number of nitrogens with zero attached hydrogens (tertiary/aromatic N) is 2. The molecule has 4 nitrogen and oxygen atoms in total. The van der Waals surface area contributed by atoms with Crippen molar-refractivity contribution in [3.63, 3.8) is 0 Å². The van der Waals surface area contributed by atoms with Gasteiger partial charge in [-0.05, 0) is 32.5 Å². The van der Waals surface area contributed by atoms with Gasteiger partial charge in [0.15, 0.2) is 0 Å². The molecule has 1 heterocycles. The third kappa shape index (κ3) is 3.32. The molecule has 0 spiro atoms. The lowest BCUT2D eigenvalue weighted by Crippen LogP contribution is -2.57. The number of ether oxygens (including phenoxy) is 1. The first kappa shape index (κ1) is 15.3. The van der Waals surface area contributed by atoms with Crippen molar-refractivity contribution in [3.8, 4) is 5.75 Å². The fraction of sp³-hybridized carbons (Fsp3) is 0.625. The first-order valence-corrected chi connectivity index (χ1v) is 7.26. The van der Waals surface area contributed by atoms with Crippen molar-refractivity contribution in [2.45, 2.75) is 32.5 Å². The van der Waals surface area contributed by atoms with E-state index in [4.69, 9.17) is 10.5 Å². The zero-order valence-electron chi connectivity index (χ0n) is 13.1. The molecule has 112 valence electrons. The van der Waals surface area contributed by atoms with Gasteiger partial charge in [0.05, 0.1) is 7.11 Å². The molecular weight excluding hydrogens is 250 g/mol. The average Bonchev–Trinajstić information content (AvgIpc) is 2.42. The monoisotopic (exact) mass is 277 g/mol. The van der Waals surface area contributed by atoms with Crippen LogP contribution in [0.2, 0.25) is 0 Å². The van der Waals surface area contributed by atoms with Gasteiger partial charge in [-0.25, -0.2) is 0 Å². The molecule has 0 aromatic heterocycles. The van der Waals surface area contributed by atoms with E-state index in [-0.39, 0.29) is 5.54 Å². The Hall–Kier alpha value is -1.10.